The molecule has 0 unspecified atom stereocenters. The lowest BCUT2D eigenvalue weighted by atomic mass is 9.54. The van der Waals surface area contributed by atoms with E-state index in [1.807, 2.05) is 0 Å². The predicted octanol–water partition coefficient (Wildman–Crippen LogP) is 1.91. The molecular weight excluding hydrogens is 294 g/mol. The maximum atomic E-state index is 12.5. The normalized spacial score (nSPS) is 34.5. The summed E-state index contributed by atoms with van der Waals surface area (Å²) in [6, 6.07) is 0.317. The van der Waals surface area contributed by atoms with Crippen LogP contribution in [0.3, 0.4) is 0 Å². The Kier molecular flexibility index (Phi) is 3.62. The molecule has 0 spiro atoms. The molecule has 4 saturated carbocycles. The molecule has 0 atom stereocenters. The molecule has 0 saturated heterocycles. The maximum Gasteiger partial charge on any atom is 0.305 e. The number of carboxylic acid groups (broad SMARTS) is 1. The molecule has 124 valence electrons. The van der Waals surface area contributed by atoms with Gasteiger partial charge in [0.1, 0.15) is 0 Å². The highest BCUT2D eigenvalue weighted by atomic mass is 16.4. The third kappa shape index (κ3) is 2.86. The largest absolute Gasteiger partial charge is 0.481 e. The standard InChI is InChI=1S/C17H23N3O3/c21-15(22)1-2-20-9-14(8-18-20)17(23)19-16-12-4-10-3-11(6-12)7-13(16)5-10/h8-13,16H,1-7H2,(H,19,23)(H,21,22). The summed E-state index contributed by atoms with van der Waals surface area (Å²) in [6.07, 6.45) is 9.70. The highest BCUT2D eigenvalue weighted by Gasteiger charge is 2.48. The van der Waals surface area contributed by atoms with Crippen LogP contribution in [0.15, 0.2) is 12.4 Å². The molecular formula is C17H23N3O3. The van der Waals surface area contributed by atoms with Crippen molar-refractivity contribution in [2.24, 2.45) is 23.7 Å². The number of nitrogens with zero attached hydrogens (tertiary/aromatic N) is 2. The second-order valence-electron chi connectivity index (χ2n) is 7.57. The van der Waals surface area contributed by atoms with E-state index in [0.29, 0.717) is 30.0 Å². The molecule has 0 aromatic carbocycles. The smallest absolute Gasteiger partial charge is 0.305 e. The van der Waals surface area contributed by atoms with E-state index in [1.54, 1.807) is 6.20 Å². The van der Waals surface area contributed by atoms with Gasteiger partial charge in [0.25, 0.3) is 5.91 Å². The highest BCUT2D eigenvalue weighted by molar-refractivity contribution is 5.93. The fraction of sp³-hybridized carbons (Fsp3) is 0.706. The van der Waals surface area contributed by atoms with Crippen LogP contribution in [0.25, 0.3) is 0 Å². The average Bonchev–Trinajstić information content (AvgIpc) is 2.97. The first-order valence-corrected chi connectivity index (χ1v) is 8.63. The van der Waals surface area contributed by atoms with Crippen molar-refractivity contribution in [3.8, 4) is 0 Å². The molecule has 6 heteroatoms. The minimum atomic E-state index is -0.861. The fourth-order valence-electron chi connectivity index (χ4n) is 5.21. The first-order chi connectivity index (χ1) is 11.1. The van der Waals surface area contributed by atoms with Crippen molar-refractivity contribution in [1.29, 1.82) is 0 Å². The lowest BCUT2D eigenvalue weighted by molar-refractivity contribution is -0.137. The molecule has 1 aromatic heterocycles. The van der Waals surface area contributed by atoms with Gasteiger partial charge in [0.05, 0.1) is 24.7 Å². The third-order valence-corrected chi connectivity index (χ3v) is 5.97. The molecule has 23 heavy (non-hydrogen) atoms. The number of aliphatic carboxylic acids is 1. The first kappa shape index (κ1) is 14.7. The Labute approximate surface area is 135 Å². The van der Waals surface area contributed by atoms with Gasteiger partial charge < -0.3 is 10.4 Å². The van der Waals surface area contributed by atoms with Crippen LogP contribution in [0.5, 0.6) is 0 Å². The molecule has 1 amide bonds. The van der Waals surface area contributed by atoms with Gasteiger partial charge in [-0.1, -0.05) is 0 Å². The van der Waals surface area contributed by atoms with E-state index in [9.17, 15) is 9.59 Å². The van der Waals surface area contributed by atoms with Crippen LogP contribution in [0.4, 0.5) is 0 Å². The number of amides is 1. The molecule has 6 nitrogen and oxygen atoms in total. The predicted molar refractivity (Wildman–Crippen MR) is 82.8 cm³/mol. The molecule has 4 aliphatic carbocycles. The van der Waals surface area contributed by atoms with E-state index in [0.717, 1.165) is 11.8 Å². The first-order valence-electron chi connectivity index (χ1n) is 8.63. The summed E-state index contributed by atoms with van der Waals surface area (Å²) in [5.41, 5.74) is 0.532. The maximum absolute atomic E-state index is 12.5. The molecule has 5 rings (SSSR count). The Balaban J connectivity index is 1.39. The van der Waals surface area contributed by atoms with Crippen LogP contribution in [-0.4, -0.2) is 32.8 Å². The van der Waals surface area contributed by atoms with Crippen LogP contribution >= 0.6 is 0 Å². The summed E-state index contributed by atoms with van der Waals surface area (Å²) in [7, 11) is 0. The van der Waals surface area contributed by atoms with Gasteiger partial charge in [0.2, 0.25) is 0 Å². The van der Waals surface area contributed by atoms with E-state index in [4.69, 9.17) is 5.11 Å². The molecule has 4 aliphatic rings. The number of hydrogen-bond acceptors (Lipinski definition) is 3. The van der Waals surface area contributed by atoms with Gasteiger partial charge >= 0.3 is 5.97 Å². The van der Waals surface area contributed by atoms with Crippen LogP contribution in [0.2, 0.25) is 0 Å². The fourth-order valence-corrected chi connectivity index (χ4v) is 5.21. The van der Waals surface area contributed by atoms with Crippen molar-refractivity contribution in [1.82, 2.24) is 15.1 Å². The minimum Gasteiger partial charge on any atom is -0.481 e. The highest BCUT2D eigenvalue weighted by Crippen LogP contribution is 2.53. The van der Waals surface area contributed by atoms with Crippen LogP contribution < -0.4 is 5.32 Å². The Hall–Kier alpha value is -1.85. The summed E-state index contributed by atoms with van der Waals surface area (Å²) < 4.78 is 1.53. The van der Waals surface area contributed by atoms with E-state index in [2.05, 4.69) is 10.4 Å². The Morgan fingerprint density at radius 2 is 1.83 bits per heavy atom. The molecule has 4 bridgehead atoms. The summed E-state index contributed by atoms with van der Waals surface area (Å²) in [5.74, 6) is 2.16. The van der Waals surface area contributed by atoms with E-state index < -0.39 is 5.97 Å². The summed E-state index contributed by atoms with van der Waals surface area (Å²) in [5, 5.41) is 16.0. The monoisotopic (exact) mass is 317 g/mol. The lowest BCUT2D eigenvalue weighted by Gasteiger charge is -2.54. The van der Waals surface area contributed by atoms with Gasteiger partial charge in [0.15, 0.2) is 0 Å². The van der Waals surface area contributed by atoms with E-state index >= 15 is 0 Å². The van der Waals surface area contributed by atoms with Crippen molar-refractivity contribution in [3.05, 3.63) is 18.0 Å². The number of carboxylic acids is 1. The third-order valence-electron chi connectivity index (χ3n) is 5.97. The number of carbonyl (C=O) groups is 2. The number of carbonyl (C=O) groups excluding carboxylic acids is 1. The quantitative estimate of drug-likeness (QED) is 0.869. The molecule has 1 aromatic rings. The molecule has 0 radical (unpaired) electrons. The van der Waals surface area contributed by atoms with Crippen molar-refractivity contribution in [2.45, 2.75) is 51.1 Å². The molecule has 4 fully saturated rings. The topological polar surface area (TPSA) is 84.2 Å². The molecule has 2 N–H and O–H groups in total. The van der Waals surface area contributed by atoms with Crippen LogP contribution in [0.1, 0.15) is 48.9 Å². The summed E-state index contributed by atoms with van der Waals surface area (Å²) >= 11 is 0. The SMILES string of the molecule is O=C(O)CCn1cc(C(=O)NC2C3CC4CC(C3)CC2C4)cn1. The van der Waals surface area contributed by atoms with Gasteiger partial charge in [0, 0.05) is 12.2 Å². The summed E-state index contributed by atoms with van der Waals surface area (Å²) in [6.45, 7) is 0.292. The van der Waals surface area contributed by atoms with Crippen molar-refractivity contribution in [2.75, 3.05) is 0 Å². The van der Waals surface area contributed by atoms with Crippen molar-refractivity contribution >= 4 is 11.9 Å². The van der Waals surface area contributed by atoms with Gasteiger partial charge in [-0.05, 0) is 55.8 Å². The average molecular weight is 317 g/mol. The van der Waals surface area contributed by atoms with E-state index in [1.165, 1.54) is 43.0 Å². The minimum absolute atomic E-state index is 0.0122. The van der Waals surface area contributed by atoms with Crippen molar-refractivity contribution < 1.29 is 14.7 Å². The van der Waals surface area contributed by atoms with Crippen LogP contribution in [0, 0.1) is 23.7 Å². The number of aromatic nitrogens is 2. The Morgan fingerprint density at radius 1 is 1.17 bits per heavy atom. The van der Waals surface area contributed by atoms with Crippen LogP contribution in [-0.2, 0) is 11.3 Å². The molecule has 0 aliphatic heterocycles. The number of rotatable bonds is 5. The number of aryl methyl sites for hydroxylation is 1. The zero-order valence-electron chi connectivity index (χ0n) is 13.1. The zero-order chi connectivity index (χ0) is 16.0. The second-order valence-corrected chi connectivity index (χ2v) is 7.57. The Morgan fingerprint density at radius 3 is 2.43 bits per heavy atom. The second kappa shape index (κ2) is 5.65. The van der Waals surface area contributed by atoms with Gasteiger partial charge in [-0.2, -0.15) is 5.10 Å². The van der Waals surface area contributed by atoms with E-state index in [-0.39, 0.29) is 12.3 Å². The van der Waals surface area contributed by atoms with Gasteiger partial charge in [-0.25, -0.2) is 0 Å². The number of nitrogens with one attached hydrogen (secondary N) is 1. The zero-order valence-corrected chi connectivity index (χ0v) is 13.1. The summed E-state index contributed by atoms with van der Waals surface area (Å²) in [4.78, 5) is 23.1. The molecule has 1 heterocycles. The number of hydrogen-bond donors (Lipinski definition) is 2. The lowest BCUT2D eigenvalue weighted by Crippen LogP contribution is -2.55. The van der Waals surface area contributed by atoms with Gasteiger partial charge in [-0.15, -0.1) is 0 Å². The van der Waals surface area contributed by atoms with Crippen molar-refractivity contribution in [3.63, 3.8) is 0 Å². The Bertz CT molecular complexity index is 596. The van der Waals surface area contributed by atoms with Gasteiger partial charge in [-0.3, -0.25) is 14.3 Å².